The summed E-state index contributed by atoms with van der Waals surface area (Å²) in [7, 11) is 1.84. The number of nitrogens with zero attached hydrogens (tertiary/aromatic N) is 1. The second-order valence-electron chi connectivity index (χ2n) is 4.59. The number of rotatable bonds is 4. The molecule has 0 fully saturated rings. The molecule has 20 heavy (non-hydrogen) atoms. The molecule has 0 unspecified atom stereocenters. The maximum absolute atomic E-state index is 12.4. The fourth-order valence-corrected chi connectivity index (χ4v) is 2.82. The van der Waals surface area contributed by atoms with Crippen LogP contribution in [0.25, 0.3) is 0 Å². The molecule has 0 aliphatic heterocycles. The maximum atomic E-state index is 12.4. The van der Waals surface area contributed by atoms with Gasteiger partial charge in [-0.1, -0.05) is 30.3 Å². The molecule has 2 rings (SSSR count). The third kappa shape index (κ3) is 4.06. The van der Waals surface area contributed by atoms with Crippen LogP contribution in [0, 0.1) is 3.57 Å². The molecule has 0 aliphatic rings. The molecule has 2 aromatic rings. The van der Waals surface area contributed by atoms with Gasteiger partial charge in [0.1, 0.15) is 0 Å². The molecular formula is C16H15BrINO. The Bertz CT molecular complexity index is 601. The average Bonchev–Trinajstić information content (AvgIpc) is 2.47. The van der Waals surface area contributed by atoms with Crippen LogP contribution in [-0.2, 0) is 6.42 Å². The molecular weight excluding hydrogens is 429 g/mol. The highest BCUT2D eigenvalue weighted by Gasteiger charge is 2.15. The molecule has 104 valence electrons. The van der Waals surface area contributed by atoms with Gasteiger partial charge in [-0.15, -0.1) is 0 Å². The lowest BCUT2D eigenvalue weighted by Crippen LogP contribution is -2.29. The summed E-state index contributed by atoms with van der Waals surface area (Å²) < 4.78 is 1.90. The summed E-state index contributed by atoms with van der Waals surface area (Å²) in [5.41, 5.74) is 1.96. The van der Waals surface area contributed by atoms with E-state index in [1.54, 1.807) is 4.90 Å². The first-order valence-corrected chi connectivity index (χ1v) is 8.19. The molecule has 4 heteroatoms. The third-order valence-corrected chi connectivity index (χ3v) is 4.45. The van der Waals surface area contributed by atoms with Crippen molar-refractivity contribution in [1.82, 2.24) is 4.90 Å². The summed E-state index contributed by atoms with van der Waals surface area (Å²) >= 11 is 5.66. The van der Waals surface area contributed by atoms with Gasteiger partial charge in [-0.3, -0.25) is 4.79 Å². The van der Waals surface area contributed by atoms with Gasteiger partial charge in [0.05, 0.1) is 5.56 Å². The molecule has 2 nitrogen and oxygen atoms in total. The largest absolute Gasteiger partial charge is 0.341 e. The molecule has 0 spiro atoms. The molecule has 0 aliphatic carbocycles. The van der Waals surface area contributed by atoms with Gasteiger partial charge in [-0.05, 0) is 68.7 Å². The number of carbonyl (C=O) groups is 1. The van der Waals surface area contributed by atoms with Crippen molar-refractivity contribution in [3.8, 4) is 0 Å². The highest BCUT2D eigenvalue weighted by atomic mass is 127. The van der Waals surface area contributed by atoms with Gasteiger partial charge in [0, 0.05) is 21.6 Å². The maximum Gasteiger partial charge on any atom is 0.254 e. The Kier molecular flexibility index (Phi) is 5.60. The zero-order chi connectivity index (χ0) is 14.5. The van der Waals surface area contributed by atoms with Crippen molar-refractivity contribution < 1.29 is 4.79 Å². The molecule has 0 saturated heterocycles. The Morgan fingerprint density at radius 3 is 2.60 bits per heavy atom. The van der Waals surface area contributed by atoms with E-state index >= 15 is 0 Å². The van der Waals surface area contributed by atoms with E-state index in [2.05, 4.69) is 50.7 Å². The number of amides is 1. The number of hydrogen-bond donors (Lipinski definition) is 0. The summed E-state index contributed by atoms with van der Waals surface area (Å²) in [5.74, 6) is 0.0475. The summed E-state index contributed by atoms with van der Waals surface area (Å²) in [6.07, 6.45) is 0.866. The van der Waals surface area contributed by atoms with Gasteiger partial charge < -0.3 is 4.90 Å². The Balaban J connectivity index is 2.03. The molecule has 0 aromatic heterocycles. The lowest BCUT2D eigenvalue weighted by atomic mass is 10.1. The first-order chi connectivity index (χ1) is 9.58. The van der Waals surface area contributed by atoms with E-state index < -0.39 is 0 Å². The smallest absolute Gasteiger partial charge is 0.254 e. The summed E-state index contributed by atoms with van der Waals surface area (Å²) in [5, 5.41) is 0. The van der Waals surface area contributed by atoms with E-state index in [-0.39, 0.29) is 5.91 Å². The van der Waals surface area contributed by atoms with E-state index in [4.69, 9.17) is 0 Å². The minimum Gasteiger partial charge on any atom is -0.341 e. The van der Waals surface area contributed by atoms with Crippen molar-refractivity contribution in [2.24, 2.45) is 0 Å². The second kappa shape index (κ2) is 7.22. The number of carbonyl (C=O) groups excluding carboxylic acids is 1. The quantitative estimate of drug-likeness (QED) is 0.642. The van der Waals surface area contributed by atoms with E-state index in [0.29, 0.717) is 12.1 Å². The molecule has 0 heterocycles. The van der Waals surface area contributed by atoms with E-state index in [1.807, 2.05) is 43.4 Å². The fourth-order valence-electron chi connectivity index (χ4n) is 1.91. The molecule has 0 radical (unpaired) electrons. The Hall–Kier alpha value is -0.880. The zero-order valence-corrected chi connectivity index (χ0v) is 14.9. The van der Waals surface area contributed by atoms with Gasteiger partial charge >= 0.3 is 0 Å². The van der Waals surface area contributed by atoms with Gasteiger partial charge in [-0.25, -0.2) is 0 Å². The molecule has 0 saturated carbocycles. The van der Waals surface area contributed by atoms with Crippen LogP contribution >= 0.6 is 38.5 Å². The van der Waals surface area contributed by atoms with Crippen LogP contribution in [0.4, 0.5) is 0 Å². The molecule has 0 N–H and O–H groups in total. The second-order valence-corrected chi connectivity index (χ2v) is 6.69. The minimum absolute atomic E-state index is 0.0475. The standard InChI is InChI=1S/C16H15BrINO/c1-19(10-9-12-5-3-2-4-6-12)16(20)14-11-13(18)7-8-15(14)17/h2-8,11H,9-10H2,1H3. The average molecular weight is 444 g/mol. The van der Waals surface area contributed by atoms with E-state index in [0.717, 1.165) is 14.5 Å². The van der Waals surface area contributed by atoms with Gasteiger partial charge in [0.2, 0.25) is 0 Å². The third-order valence-electron chi connectivity index (χ3n) is 3.08. The van der Waals surface area contributed by atoms with Crippen LogP contribution in [-0.4, -0.2) is 24.4 Å². The predicted molar refractivity (Wildman–Crippen MR) is 94.0 cm³/mol. The van der Waals surface area contributed by atoms with Crippen LogP contribution in [0.15, 0.2) is 53.0 Å². The van der Waals surface area contributed by atoms with Crippen LogP contribution < -0.4 is 0 Å². The summed E-state index contributed by atoms with van der Waals surface area (Å²) in [6.45, 7) is 0.709. The topological polar surface area (TPSA) is 20.3 Å². The number of benzene rings is 2. The van der Waals surface area contributed by atoms with Crippen molar-refractivity contribution in [3.05, 3.63) is 67.7 Å². The van der Waals surface area contributed by atoms with Crippen molar-refractivity contribution in [3.63, 3.8) is 0 Å². The van der Waals surface area contributed by atoms with Crippen molar-refractivity contribution >= 4 is 44.4 Å². The van der Waals surface area contributed by atoms with Gasteiger partial charge in [0.25, 0.3) is 5.91 Å². The van der Waals surface area contributed by atoms with Crippen molar-refractivity contribution in [2.45, 2.75) is 6.42 Å². The summed E-state index contributed by atoms with van der Waals surface area (Å²) in [6, 6.07) is 16.0. The molecule has 2 aromatic carbocycles. The van der Waals surface area contributed by atoms with E-state index in [1.165, 1.54) is 5.56 Å². The Morgan fingerprint density at radius 2 is 1.90 bits per heavy atom. The Morgan fingerprint density at radius 1 is 1.20 bits per heavy atom. The minimum atomic E-state index is 0.0475. The van der Waals surface area contributed by atoms with Gasteiger partial charge in [-0.2, -0.15) is 0 Å². The fraction of sp³-hybridized carbons (Fsp3) is 0.188. The first-order valence-electron chi connectivity index (χ1n) is 6.32. The van der Waals surface area contributed by atoms with Crippen molar-refractivity contribution in [2.75, 3.05) is 13.6 Å². The lowest BCUT2D eigenvalue weighted by Gasteiger charge is -2.18. The first kappa shape index (κ1) is 15.5. The number of likely N-dealkylation sites (N-methyl/N-ethyl adjacent to an activating group) is 1. The zero-order valence-electron chi connectivity index (χ0n) is 11.1. The molecule has 0 bridgehead atoms. The number of hydrogen-bond acceptors (Lipinski definition) is 1. The van der Waals surface area contributed by atoms with Crippen LogP contribution in [0.1, 0.15) is 15.9 Å². The monoisotopic (exact) mass is 443 g/mol. The van der Waals surface area contributed by atoms with Crippen LogP contribution in [0.5, 0.6) is 0 Å². The highest BCUT2D eigenvalue weighted by Crippen LogP contribution is 2.21. The predicted octanol–water partition coefficient (Wildman–Crippen LogP) is 4.37. The van der Waals surface area contributed by atoms with Gasteiger partial charge in [0.15, 0.2) is 0 Å². The number of halogens is 2. The van der Waals surface area contributed by atoms with Crippen LogP contribution in [0.2, 0.25) is 0 Å². The van der Waals surface area contributed by atoms with Crippen LogP contribution in [0.3, 0.4) is 0 Å². The Labute approximate surface area is 141 Å². The molecule has 0 atom stereocenters. The highest BCUT2D eigenvalue weighted by molar-refractivity contribution is 14.1. The molecule has 1 amide bonds. The normalized spacial score (nSPS) is 10.3. The lowest BCUT2D eigenvalue weighted by molar-refractivity contribution is 0.0795. The van der Waals surface area contributed by atoms with Crippen molar-refractivity contribution in [1.29, 1.82) is 0 Å². The van der Waals surface area contributed by atoms with E-state index in [9.17, 15) is 4.79 Å². The summed E-state index contributed by atoms with van der Waals surface area (Å²) in [4.78, 5) is 14.2. The SMILES string of the molecule is CN(CCc1ccccc1)C(=O)c1cc(I)ccc1Br.